The van der Waals surface area contributed by atoms with Crippen molar-refractivity contribution in [1.29, 1.82) is 0 Å². The zero-order valence-electron chi connectivity index (χ0n) is 8.18. The molecule has 15 heavy (non-hydrogen) atoms. The molecule has 0 fully saturated rings. The quantitative estimate of drug-likeness (QED) is 0.764. The second kappa shape index (κ2) is 5.39. The van der Waals surface area contributed by atoms with Crippen LogP contribution in [0.4, 0.5) is 0 Å². The van der Waals surface area contributed by atoms with Gasteiger partial charge < -0.3 is 15.4 Å². The van der Waals surface area contributed by atoms with E-state index in [1.54, 1.807) is 0 Å². The Balaban J connectivity index is 2.68. The molecule has 1 amide bonds. The first kappa shape index (κ1) is 12.4. The summed E-state index contributed by atoms with van der Waals surface area (Å²) in [7, 11) is 0. The van der Waals surface area contributed by atoms with E-state index >= 15 is 0 Å². The molecule has 1 unspecified atom stereocenters. The zero-order valence-corrected chi connectivity index (χ0v) is 9.69. The maximum atomic E-state index is 11.6. The van der Waals surface area contributed by atoms with Gasteiger partial charge in [0.15, 0.2) is 0 Å². The van der Waals surface area contributed by atoms with Crippen molar-refractivity contribution in [3.8, 4) is 0 Å². The molecule has 1 aromatic heterocycles. The Morgan fingerprint density at radius 1 is 1.67 bits per heavy atom. The minimum atomic E-state index is -0.329. The number of aliphatic hydroxyl groups is 1. The van der Waals surface area contributed by atoms with E-state index < -0.39 is 0 Å². The van der Waals surface area contributed by atoms with E-state index in [-0.39, 0.29) is 29.4 Å². The van der Waals surface area contributed by atoms with Crippen molar-refractivity contribution in [1.82, 2.24) is 10.3 Å². The van der Waals surface area contributed by atoms with Crippen LogP contribution in [0.3, 0.4) is 0 Å². The molecule has 0 aliphatic carbocycles. The SMILES string of the molecule is CCC(CO)NC(=O)c1cc(Cl)c(Cl)[nH]1. The van der Waals surface area contributed by atoms with Crippen molar-refractivity contribution >= 4 is 29.1 Å². The Kier molecular flexibility index (Phi) is 4.45. The van der Waals surface area contributed by atoms with Crippen LogP contribution in [0.2, 0.25) is 10.2 Å². The summed E-state index contributed by atoms with van der Waals surface area (Å²) in [6.07, 6.45) is 0.657. The molecule has 1 atom stereocenters. The number of H-pyrrole nitrogens is 1. The number of hydrogen-bond donors (Lipinski definition) is 3. The van der Waals surface area contributed by atoms with E-state index in [1.165, 1.54) is 6.07 Å². The first-order valence-electron chi connectivity index (χ1n) is 4.54. The van der Waals surface area contributed by atoms with E-state index in [2.05, 4.69) is 10.3 Å². The third kappa shape index (κ3) is 3.12. The van der Waals surface area contributed by atoms with Gasteiger partial charge in [0.1, 0.15) is 10.8 Å². The third-order valence-electron chi connectivity index (χ3n) is 2.02. The molecule has 1 rings (SSSR count). The fourth-order valence-electron chi connectivity index (χ4n) is 1.07. The van der Waals surface area contributed by atoms with E-state index in [0.29, 0.717) is 11.4 Å². The van der Waals surface area contributed by atoms with Crippen LogP contribution in [0.15, 0.2) is 6.07 Å². The third-order valence-corrected chi connectivity index (χ3v) is 2.71. The molecule has 0 saturated carbocycles. The average molecular weight is 251 g/mol. The Bertz CT molecular complexity index is 328. The molecule has 6 heteroatoms. The summed E-state index contributed by atoms with van der Waals surface area (Å²) in [5.74, 6) is -0.329. The lowest BCUT2D eigenvalue weighted by Gasteiger charge is -2.12. The smallest absolute Gasteiger partial charge is 0.268 e. The standard InChI is InChI=1S/C9H12Cl2N2O2/c1-2-5(4-14)12-9(15)7-3-6(10)8(11)13-7/h3,5,13-14H,2,4H2,1H3,(H,12,15). The van der Waals surface area contributed by atoms with E-state index in [9.17, 15) is 4.79 Å². The number of carbonyl (C=O) groups is 1. The molecule has 0 saturated heterocycles. The number of halogens is 2. The van der Waals surface area contributed by atoms with Crippen molar-refractivity contribution in [2.75, 3.05) is 6.61 Å². The van der Waals surface area contributed by atoms with Crippen LogP contribution < -0.4 is 5.32 Å². The summed E-state index contributed by atoms with van der Waals surface area (Å²) in [6, 6.07) is 1.20. The predicted molar refractivity (Wildman–Crippen MR) is 59.4 cm³/mol. The number of rotatable bonds is 4. The molecule has 0 aliphatic rings. The molecule has 4 nitrogen and oxygen atoms in total. The topological polar surface area (TPSA) is 65.1 Å². The molecule has 0 spiro atoms. The number of hydrogen-bond acceptors (Lipinski definition) is 2. The van der Waals surface area contributed by atoms with Gasteiger partial charge in [0.2, 0.25) is 0 Å². The van der Waals surface area contributed by atoms with Gasteiger partial charge in [-0.1, -0.05) is 30.1 Å². The summed E-state index contributed by atoms with van der Waals surface area (Å²) in [5.41, 5.74) is 0.289. The number of nitrogens with one attached hydrogen (secondary N) is 2. The molecular weight excluding hydrogens is 239 g/mol. The maximum absolute atomic E-state index is 11.6. The molecular formula is C9H12Cl2N2O2. The van der Waals surface area contributed by atoms with Gasteiger partial charge in [0, 0.05) is 0 Å². The fraction of sp³-hybridized carbons (Fsp3) is 0.444. The summed E-state index contributed by atoms with van der Waals surface area (Å²) in [6.45, 7) is 1.78. The van der Waals surface area contributed by atoms with Crippen LogP contribution in [-0.2, 0) is 0 Å². The molecule has 0 aliphatic heterocycles. The van der Waals surface area contributed by atoms with Crippen molar-refractivity contribution < 1.29 is 9.90 Å². The van der Waals surface area contributed by atoms with E-state index in [1.807, 2.05) is 6.92 Å². The predicted octanol–water partition coefficient (Wildman–Crippen LogP) is 1.82. The summed E-state index contributed by atoms with van der Waals surface area (Å²) >= 11 is 11.3. The molecule has 0 radical (unpaired) electrons. The van der Waals surface area contributed by atoms with Crippen molar-refractivity contribution in [2.24, 2.45) is 0 Å². The lowest BCUT2D eigenvalue weighted by Crippen LogP contribution is -2.37. The average Bonchev–Trinajstić information content (AvgIpc) is 2.55. The van der Waals surface area contributed by atoms with Gasteiger partial charge in [0.05, 0.1) is 17.7 Å². The largest absolute Gasteiger partial charge is 0.394 e. The Morgan fingerprint density at radius 2 is 2.33 bits per heavy atom. The molecule has 1 aromatic rings. The highest BCUT2D eigenvalue weighted by Crippen LogP contribution is 2.21. The van der Waals surface area contributed by atoms with Crippen molar-refractivity contribution in [2.45, 2.75) is 19.4 Å². The Labute approximate surface area is 97.6 Å². The highest BCUT2D eigenvalue weighted by atomic mass is 35.5. The van der Waals surface area contributed by atoms with E-state index in [4.69, 9.17) is 28.3 Å². The highest BCUT2D eigenvalue weighted by molar-refractivity contribution is 6.41. The Hall–Kier alpha value is -0.710. The van der Waals surface area contributed by atoms with Gasteiger partial charge in [-0.15, -0.1) is 0 Å². The zero-order chi connectivity index (χ0) is 11.4. The number of aromatic amines is 1. The molecule has 84 valence electrons. The van der Waals surface area contributed by atoms with Gasteiger partial charge in [0.25, 0.3) is 5.91 Å². The van der Waals surface area contributed by atoms with Gasteiger partial charge in [-0.3, -0.25) is 4.79 Å². The molecule has 0 bridgehead atoms. The highest BCUT2D eigenvalue weighted by Gasteiger charge is 2.14. The van der Waals surface area contributed by atoms with Crippen LogP contribution in [0.25, 0.3) is 0 Å². The van der Waals surface area contributed by atoms with Gasteiger partial charge in [-0.2, -0.15) is 0 Å². The van der Waals surface area contributed by atoms with Crippen molar-refractivity contribution in [3.63, 3.8) is 0 Å². The van der Waals surface area contributed by atoms with Crippen LogP contribution in [0.1, 0.15) is 23.8 Å². The molecule has 1 heterocycles. The fourth-order valence-corrected chi connectivity index (χ4v) is 1.38. The second-order valence-corrected chi connectivity index (χ2v) is 3.89. The van der Waals surface area contributed by atoms with Crippen LogP contribution in [-0.4, -0.2) is 28.6 Å². The summed E-state index contributed by atoms with van der Waals surface area (Å²) in [4.78, 5) is 14.2. The first-order chi connectivity index (χ1) is 7.08. The lowest BCUT2D eigenvalue weighted by molar-refractivity contribution is 0.0910. The number of aliphatic hydroxyl groups excluding tert-OH is 1. The summed E-state index contributed by atoms with van der Waals surface area (Å²) < 4.78 is 0. The number of amides is 1. The minimum absolute atomic E-state index is 0.0928. The number of carbonyl (C=O) groups excluding carboxylic acids is 1. The lowest BCUT2D eigenvalue weighted by atomic mass is 10.2. The maximum Gasteiger partial charge on any atom is 0.268 e. The van der Waals surface area contributed by atoms with Gasteiger partial charge in [-0.05, 0) is 12.5 Å². The Morgan fingerprint density at radius 3 is 2.73 bits per heavy atom. The van der Waals surface area contributed by atoms with E-state index in [0.717, 1.165) is 0 Å². The van der Waals surface area contributed by atoms with Crippen molar-refractivity contribution in [3.05, 3.63) is 21.9 Å². The van der Waals surface area contributed by atoms with Crippen LogP contribution in [0.5, 0.6) is 0 Å². The van der Waals surface area contributed by atoms with Gasteiger partial charge in [-0.25, -0.2) is 0 Å². The van der Waals surface area contributed by atoms with Gasteiger partial charge >= 0.3 is 0 Å². The van der Waals surface area contributed by atoms with Crippen LogP contribution in [0, 0.1) is 0 Å². The number of aromatic nitrogens is 1. The second-order valence-electron chi connectivity index (χ2n) is 3.11. The summed E-state index contributed by atoms with van der Waals surface area (Å²) in [5, 5.41) is 12.1. The molecule has 0 aromatic carbocycles. The molecule has 3 N–H and O–H groups in total. The monoisotopic (exact) mass is 250 g/mol. The first-order valence-corrected chi connectivity index (χ1v) is 5.29. The normalized spacial score (nSPS) is 12.5. The van der Waals surface area contributed by atoms with Crippen LogP contribution >= 0.6 is 23.2 Å². The minimum Gasteiger partial charge on any atom is -0.394 e.